The summed E-state index contributed by atoms with van der Waals surface area (Å²) in [5.41, 5.74) is 0.449. The summed E-state index contributed by atoms with van der Waals surface area (Å²) in [6.45, 7) is 4.24. The van der Waals surface area contributed by atoms with E-state index in [1.807, 2.05) is 37.3 Å². The van der Waals surface area contributed by atoms with Crippen LogP contribution >= 0.6 is 0 Å². The van der Waals surface area contributed by atoms with E-state index in [1.54, 1.807) is 19.1 Å². The molecule has 0 spiro atoms. The monoisotopic (exact) mass is 395 g/mol. The lowest BCUT2D eigenvalue weighted by Gasteiger charge is -2.20. The second-order valence-electron chi connectivity index (χ2n) is 7.18. The number of rotatable bonds is 8. The molecule has 0 aliphatic carbocycles. The van der Waals surface area contributed by atoms with Crippen LogP contribution in [-0.2, 0) is 11.2 Å². The van der Waals surface area contributed by atoms with E-state index in [9.17, 15) is 14.7 Å². The Hall–Kier alpha value is -3.35. The number of aryl methyl sites for hydroxylation is 1. The molecule has 1 atom stereocenters. The van der Waals surface area contributed by atoms with Gasteiger partial charge in [0.25, 0.3) is 5.91 Å². The smallest absolute Gasteiger partial charge is 0.346 e. The van der Waals surface area contributed by atoms with E-state index in [1.165, 1.54) is 12.3 Å². The average Bonchev–Trinajstić information content (AvgIpc) is 2.93. The Morgan fingerprint density at radius 3 is 2.66 bits per heavy atom. The van der Waals surface area contributed by atoms with Gasteiger partial charge < -0.3 is 15.2 Å². The van der Waals surface area contributed by atoms with Crippen LogP contribution < -0.4 is 10.1 Å². The van der Waals surface area contributed by atoms with Crippen molar-refractivity contribution in [3.63, 3.8) is 0 Å². The lowest BCUT2D eigenvalue weighted by molar-refractivity contribution is -0.130. The maximum atomic E-state index is 12.8. The third-order valence-corrected chi connectivity index (χ3v) is 4.78. The molecule has 0 bridgehead atoms. The van der Waals surface area contributed by atoms with Gasteiger partial charge in [-0.1, -0.05) is 37.3 Å². The molecule has 7 nitrogen and oxygen atoms in total. The third kappa shape index (κ3) is 4.74. The van der Waals surface area contributed by atoms with Gasteiger partial charge in [-0.25, -0.2) is 4.79 Å². The molecule has 1 saturated heterocycles. The average molecular weight is 395 g/mol. The molecule has 1 aliphatic heterocycles. The first kappa shape index (κ1) is 20.4. The Kier molecular flexibility index (Phi) is 6.16. The molecule has 2 aromatic rings. The van der Waals surface area contributed by atoms with Gasteiger partial charge >= 0.3 is 6.03 Å². The summed E-state index contributed by atoms with van der Waals surface area (Å²) < 4.78 is 5.46. The molecule has 2 N–H and O–H groups in total. The van der Waals surface area contributed by atoms with E-state index >= 15 is 0 Å². The fourth-order valence-electron chi connectivity index (χ4n) is 3.04. The van der Waals surface area contributed by atoms with Crippen molar-refractivity contribution >= 4 is 18.2 Å². The number of imide groups is 1. The number of nitrogens with zero attached hydrogens (tertiary/aromatic N) is 2. The highest BCUT2D eigenvalue weighted by atomic mass is 16.5. The Morgan fingerprint density at radius 2 is 1.97 bits per heavy atom. The second-order valence-corrected chi connectivity index (χ2v) is 7.18. The summed E-state index contributed by atoms with van der Waals surface area (Å²) in [5, 5.41) is 17.7. The van der Waals surface area contributed by atoms with Crippen LogP contribution in [0.2, 0.25) is 0 Å². The fraction of sp³-hybridized carbons (Fsp3) is 0.318. The second kappa shape index (κ2) is 8.77. The molecule has 0 radical (unpaired) electrons. The van der Waals surface area contributed by atoms with Gasteiger partial charge in [0, 0.05) is 11.6 Å². The third-order valence-electron chi connectivity index (χ3n) is 4.78. The first-order valence-electron chi connectivity index (χ1n) is 9.63. The van der Waals surface area contributed by atoms with Gasteiger partial charge in [-0.15, -0.1) is 5.01 Å². The molecule has 0 aromatic heterocycles. The molecule has 2 aromatic carbocycles. The number of benzene rings is 2. The predicted molar refractivity (Wildman–Crippen MR) is 110 cm³/mol. The number of aromatic hydroxyl groups is 1. The van der Waals surface area contributed by atoms with Crippen LogP contribution in [0.4, 0.5) is 4.79 Å². The highest BCUT2D eigenvalue weighted by Gasteiger charge is 2.47. The number of carbonyl (C=O) groups excluding carboxylic acids is 2. The van der Waals surface area contributed by atoms with Gasteiger partial charge in [0.15, 0.2) is 0 Å². The summed E-state index contributed by atoms with van der Waals surface area (Å²) >= 11 is 0. The first-order chi connectivity index (χ1) is 13.9. The van der Waals surface area contributed by atoms with Crippen molar-refractivity contribution < 1.29 is 19.4 Å². The van der Waals surface area contributed by atoms with E-state index in [4.69, 9.17) is 4.74 Å². The fourth-order valence-corrected chi connectivity index (χ4v) is 3.04. The van der Waals surface area contributed by atoms with E-state index in [0.717, 1.165) is 17.0 Å². The summed E-state index contributed by atoms with van der Waals surface area (Å²) in [5.74, 6) is 0.0864. The van der Waals surface area contributed by atoms with Crippen molar-refractivity contribution in [2.24, 2.45) is 5.10 Å². The molecule has 0 unspecified atom stereocenters. The number of urea groups is 1. The summed E-state index contributed by atoms with van der Waals surface area (Å²) in [6, 6.07) is 14.0. The van der Waals surface area contributed by atoms with Crippen LogP contribution in [-0.4, -0.2) is 40.4 Å². The van der Waals surface area contributed by atoms with Gasteiger partial charge in [0.05, 0.1) is 12.8 Å². The Morgan fingerprint density at radius 1 is 1.21 bits per heavy atom. The highest BCUT2D eigenvalue weighted by molar-refractivity contribution is 6.07. The molecule has 7 heteroatoms. The number of carbonyl (C=O) groups is 2. The van der Waals surface area contributed by atoms with Gasteiger partial charge in [-0.05, 0) is 43.9 Å². The summed E-state index contributed by atoms with van der Waals surface area (Å²) in [7, 11) is 0. The maximum Gasteiger partial charge on any atom is 0.346 e. The number of phenols is 1. The zero-order valence-electron chi connectivity index (χ0n) is 16.6. The number of hydrogen-bond acceptors (Lipinski definition) is 5. The molecule has 1 heterocycles. The van der Waals surface area contributed by atoms with Gasteiger partial charge in [0.1, 0.15) is 17.0 Å². The van der Waals surface area contributed by atoms with Crippen LogP contribution in [0.25, 0.3) is 0 Å². The van der Waals surface area contributed by atoms with Crippen LogP contribution in [0.3, 0.4) is 0 Å². The van der Waals surface area contributed by atoms with Gasteiger partial charge in [-0.2, -0.15) is 5.10 Å². The molecule has 3 amide bonds. The Labute approximate surface area is 170 Å². The minimum Gasteiger partial charge on any atom is -0.507 e. The quantitative estimate of drug-likeness (QED) is 0.529. The van der Waals surface area contributed by atoms with Crippen molar-refractivity contribution in [2.75, 3.05) is 6.61 Å². The van der Waals surface area contributed by atoms with Crippen LogP contribution in [0, 0.1) is 0 Å². The van der Waals surface area contributed by atoms with E-state index < -0.39 is 17.5 Å². The molecule has 1 fully saturated rings. The minimum atomic E-state index is -1.02. The Bertz CT molecular complexity index is 914. The molecule has 1 aliphatic rings. The van der Waals surface area contributed by atoms with Gasteiger partial charge in [0.2, 0.25) is 0 Å². The lowest BCUT2D eigenvalue weighted by atomic mass is 9.93. The summed E-state index contributed by atoms with van der Waals surface area (Å²) in [6.07, 6.45) is 3.27. The zero-order valence-corrected chi connectivity index (χ0v) is 16.6. The number of nitrogens with one attached hydrogen (secondary N) is 1. The SMILES string of the molecule is CCCOc1ccc(/C=N/N2C(=O)N[C@](C)(CCc3ccccc3)C2=O)c(O)c1. The normalized spacial score (nSPS) is 19.0. The van der Waals surface area contributed by atoms with E-state index in [0.29, 0.717) is 30.8 Å². The predicted octanol–water partition coefficient (Wildman–Crippen LogP) is 3.46. The minimum absolute atomic E-state index is 0.0405. The van der Waals surface area contributed by atoms with Gasteiger partial charge in [-0.3, -0.25) is 4.79 Å². The molecule has 152 valence electrons. The van der Waals surface area contributed by atoms with Crippen molar-refractivity contribution in [2.45, 2.75) is 38.6 Å². The number of hydrogen-bond donors (Lipinski definition) is 2. The van der Waals surface area contributed by atoms with E-state index in [-0.39, 0.29) is 5.75 Å². The lowest BCUT2D eigenvalue weighted by Crippen LogP contribution is -2.44. The molecular weight excluding hydrogens is 370 g/mol. The molecule has 29 heavy (non-hydrogen) atoms. The van der Waals surface area contributed by atoms with Crippen LogP contribution in [0.15, 0.2) is 53.6 Å². The van der Waals surface area contributed by atoms with Crippen molar-refractivity contribution in [3.05, 3.63) is 59.7 Å². The number of hydrazone groups is 1. The van der Waals surface area contributed by atoms with E-state index in [2.05, 4.69) is 10.4 Å². The summed E-state index contributed by atoms with van der Waals surface area (Å²) in [4.78, 5) is 25.1. The van der Waals surface area contributed by atoms with Crippen molar-refractivity contribution in [1.82, 2.24) is 10.3 Å². The topological polar surface area (TPSA) is 91.2 Å². The van der Waals surface area contributed by atoms with Crippen LogP contribution in [0.1, 0.15) is 37.8 Å². The standard InChI is InChI=1S/C22H25N3O4/c1-3-13-29-18-10-9-17(19(26)14-18)15-23-25-20(27)22(2,24-21(25)28)12-11-16-7-5-4-6-8-16/h4-10,14-15,26H,3,11-13H2,1-2H3,(H,24,28)/b23-15+/t22-/m1/s1. The maximum absolute atomic E-state index is 12.8. The first-order valence-corrected chi connectivity index (χ1v) is 9.63. The molecule has 0 saturated carbocycles. The molecule has 3 rings (SSSR count). The zero-order chi connectivity index (χ0) is 20.9. The van der Waals surface area contributed by atoms with Crippen molar-refractivity contribution in [1.29, 1.82) is 0 Å². The molecular formula is C22H25N3O4. The largest absolute Gasteiger partial charge is 0.507 e. The van der Waals surface area contributed by atoms with Crippen molar-refractivity contribution in [3.8, 4) is 11.5 Å². The van der Waals surface area contributed by atoms with Crippen LogP contribution in [0.5, 0.6) is 11.5 Å². The number of amides is 3. The Balaban J connectivity index is 1.68. The number of phenolic OH excluding ortho intramolecular Hbond substituents is 1. The highest BCUT2D eigenvalue weighted by Crippen LogP contribution is 2.25. The number of ether oxygens (including phenoxy) is 1.